The molecule has 0 bridgehead atoms. The van der Waals surface area contributed by atoms with Gasteiger partial charge in [-0.3, -0.25) is 9.79 Å². The number of hydrogen-bond acceptors (Lipinski definition) is 6. The number of amidine groups is 1. The van der Waals surface area contributed by atoms with E-state index in [9.17, 15) is 4.79 Å². The minimum absolute atomic E-state index is 0.00301. The van der Waals surface area contributed by atoms with Crippen LogP contribution in [-0.4, -0.2) is 27.7 Å². The maximum Gasteiger partial charge on any atom is 0.189 e. The Balaban J connectivity index is 1.97. The molecule has 6 heteroatoms. The van der Waals surface area contributed by atoms with Crippen molar-refractivity contribution in [2.75, 3.05) is 11.9 Å². The Kier molecular flexibility index (Phi) is 3.60. The number of aromatic nitrogens is 1. The van der Waals surface area contributed by atoms with Crippen molar-refractivity contribution in [1.29, 1.82) is 0 Å². The van der Waals surface area contributed by atoms with Gasteiger partial charge in [-0.05, 0) is 6.42 Å². The molecule has 1 aromatic heterocycles. The van der Waals surface area contributed by atoms with Gasteiger partial charge >= 0.3 is 0 Å². The predicted molar refractivity (Wildman–Crippen MR) is 69.7 cm³/mol. The Morgan fingerprint density at radius 1 is 1.69 bits per heavy atom. The average molecular weight is 255 g/mol. The quantitative estimate of drug-likeness (QED) is 0.844. The molecule has 2 heterocycles. The van der Waals surface area contributed by atoms with Gasteiger partial charge in [-0.1, -0.05) is 18.7 Å². The highest BCUT2D eigenvalue weighted by molar-refractivity contribution is 8.15. The topological polar surface area (TPSA) is 54.4 Å². The van der Waals surface area contributed by atoms with E-state index in [2.05, 4.69) is 22.2 Å². The van der Waals surface area contributed by atoms with E-state index >= 15 is 0 Å². The van der Waals surface area contributed by atoms with E-state index in [4.69, 9.17) is 0 Å². The molecule has 86 valence electrons. The molecule has 2 rings (SSSR count). The van der Waals surface area contributed by atoms with E-state index in [0.29, 0.717) is 10.9 Å². The number of anilines is 1. The maximum absolute atomic E-state index is 11.1. The molecule has 0 spiro atoms. The Labute approximate surface area is 103 Å². The second-order valence-electron chi connectivity index (χ2n) is 3.51. The molecule has 0 saturated carbocycles. The van der Waals surface area contributed by atoms with Crippen LogP contribution in [0.1, 0.15) is 30.8 Å². The number of ketones is 1. The van der Waals surface area contributed by atoms with Gasteiger partial charge in [0.25, 0.3) is 0 Å². The zero-order valence-corrected chi connectivity index (χ0v) is 10.8. The van der Waals surface area contributed by atoms with E-state index in [1.807, 2.05) is 0 Å². The Morgan fingerprint density at radius 2 is 2.50 bits per heavy atom. The standard InChI is InChI=1S/C10H13N3OS2/c1-3-7-4-11-9(16-7)13-10-12-8(5-15-10)6(2)14/h5,7H,3-4H2,1-2H3,(H,11,12,13). The van der Waals surface area contributed by atoms with Crippen LogP contribution in [0.15, 0.2) is 10.4 Å². The summed E-state index contributed by atoms with van der Waals surface area (Å²) in [5.74, 6) is -0.00301. The van der Waals surface area contributed by atoms with Crippen LogP contribution in [0.5, 0.6) is 0 Å². The third-order valence-corrected chi connectivity index (χ3v) is 4.28. The number of hydrogen-bond donors (Lipinski definition) is 1. The minimum atomic E-state index is -0.00301. The molecule has 0 aliphatic carbocycles. The Hall–Kier alpha value is -0.880. The smallest absolute Gasteiger partial charge is 0.189 e. The number of rotatable bonds is 3. The molecule has 0 aromatic carbocycles. The molecule has 4 nitrogen and oxygen atoms in total. The zero-order valence-electron chi connectivity index (χ0n) is 9.19. The first-order chi connectivity index (χ1) is 7.69. The Bertz CT molecular complexity index is 427. The fraction of sp³-hybridized carbons (Fsp3) is 0.500. The maximum atomic E-state index is 11.1. The predicted octanol–water partition coefficient (Wildman–Crippen LogP) is 2.64. The zero-order chi connectivity index (χ0) is 11.5. The van der Waals surface area contributed by atoms with Crippen molar-refractivity contribution in [1.82, 2.24) is 4.98 Å². The van der Waals surface area contributed by atoms with Gasteiger partial charge in [0.2, 0.25) is 0 Å². The molecule has 1 aromatic rings. The van der Waals surface area contributed by atoms with E-state index in [1.165, 1.54) is 18.3 Å². The fourth-order valence-electron chi connectivity index (χ4n) is 1.28. The van der Waals surface area contributed by atoms with Crippen LogP contribution >= 0.6 is 23.1 Å². The largest absolute Gasteiger partial charge is 0.311 e. The molecule has 1 aliphatic rings. The highest BCUT2D eigenvalue weighted by Gasteiger charge is 2.18. The Morgan fingerprint density at radius 3 is 3.06 bits per heavy atom. The lowest BCUT2D eigenvalue weighted by Gasteiger charge is -2.03. The molecule has 1 atom stereocenters. The summed E-state index contributed by atoms with van der Waals surface area (Å²) < 4.78 is 0. The van der Waals surface area contributed by atoms with Crippen molar-refractivity contribution < 1.29 is 4.79 Å². The van der Waals surface area contributed by atoms with Crippen molar-refractivity contribution in [2.45, 2.75) is 25.5 Å². The number of Topliss-reactive ketones (excluding diaryl/α,β-unsaturated/α-hetero) is 1. The van der Waals surface area contributed by atoms with Gasteiger partial charge in [0, 0.05) is 17.6 Å². The van der Waals surface area contributed by atoms with Crippen LogP contribution in [0, 0.1) is 0 Å². The summed E-state index contributed by atoms with van der Waals surface area (Å²) >= 11 is 3.18. The van der Waals surface area contributed by atoms with Crippen LogP contribution < -0.4 is 5.32 Å². The summed E-state index contributed by atoms with van der Waals surface area (Å²) in [5, 5.41) is 7.15. The van der Waals surface area contributed by atoms with Gasteiger partial charge in [-0.15, -0.1) is 11.3 Å². The van der Waals surface area contributed by atoms with Gasteiger partial charge in [0.1, 0.15) is 5.69 Å². The monoisotopic (exact) mass is 255 g/mol. The lowest BCUT2D eigenvalue weighted by molar-refractivity contribution is 0.101. The summed E-state index contributed by atoms with van der Waals surface area (Å²) in [4.78, 5) is 19.7. The summed E-state index contributed by atoms with van der Waals surface area (Å²) in [6, 6.07) is 0. The molecular formula is C10H13N3OS2. The SMILES string of the molecule is CCC1CN=C(Nc2nc(C(C)=O)cs2)S1. The van der Waals surface area contributed by atoms with Crippen molar-refractivity contribution in [2.24, 2.45) is 4.99 Å². The number of thiazole rings is 1. The van der Waals surface area contributed by atoms with Crippen molar-refractivity contribution in [3.8, 4) is 0 Å². The van der Waals surface area contributed by atoms with Crippen LogP contribution in [0.25, 0.3) is 0 Å². The molecular weight excluding hydrogens is 242 g/mol. The van der Waals surface area contributed by atoms with Gasteiger partial charge in [0.15, 0.2) is 16.1 Å². The summed E-state index contributed by atoms with van der Waals surface area (Å²) in [6.45, 7) is 4.55. The number of thioether (sulfide) groups is 1. The van der Waals surface area contributed by atoms with Crippen LogP contribution in [-0.2, 0) is 0 Å². The number of nitrogens with one attached hydrogen (secondary N) is 1. The van der Waals surface area contributed by atoms with E-state index in [1.54, 1.807) is 17.1 Å². The second-order valence-corrected chi connectivity index (χ2v) is 5.66. The molecule has 1 unspecified atom stereocenters. The number of nitrogens with zero attached hydrogens (tertiary/aromatic N) is 2. The normalized spacial score (nSPS) is 19.6. The van der Waals surface area contributed by atoms with Gasteiger partial charge < -0.3 is 5.32 Å². The highest BCUT2D eigenvalue weighted by Crippen LogP contribution is 2.25. The minimum Gasteiger partial charge on any atom is -0.311 e. The van der Waals surface area contributed by atoms with E-state index < -0.39 is 0 Å². The molecule has 0 amide bonds. The number of carbonyl (C=O) groups is 1. The van der Waals surface area contributed by atoms with E-state index in [0.717, 1.165) is 23.3 Å². The third kappa shape index (κ3) is 2.62. The first kappa shape index (κ1) is 11.6. The molecule has 1 N–H and O–H groups in total. The first-order valence-electron chi connectivity index (χ1n) is 5.13. The molecule has 16 heavy (non-hydrogen) atoms. The van der Waals surface area contributed by atoms with Gasteiger partial charge in [-0.2, -0.15) is 0 Å². The van der Waals surface area contributed by atoms with Crippen LogP contribution in [0.4, 0.5) is 5.13 Å². The third-order valence-electron chi connectivity index (χ3n) is 2.25. The first-order valence-corrected chi connectivity index (χ1v) is 6.89. The summed E-state index contributed by atoms with van der Waals surface area (Å²) in [6.07, 6.45) is 1.12. The number of carbonyl (C=O) groups excluding carboxylic acids is 1. The molecule has 0 saturated heterocycles. The van der Waals surface area contributed by atoms with Gasteiger partial charge in [-0.25, -0.2) is 4.98 Å². The second kappa shape index (κ2) is 4.97. The molecule has 0 radical (unpaired) electrons. The van der Waals surface area contributed by atoms with Crippen molar-refractivity contribution in [3.05, 3.63) is 11.1 Å². The number of aliphatic imine (C=N–C) groups is 1. The average Bonchev–Trinajstić information content (AvgIpc) is 2.87. The molecule has 0 fully saturated rings. The molecule has 1 aliphatic heterocycles. The lowest BCUT2D eigenvalue weighted by atomic mass is 10.3. The lowest BCUT2D eigenvalue weighted by Crippen LogP contribution is -2.07. The summed E-state index contributed by atoms with van der Waals surface area (Å²) in [7, 11) is 0. The van der Waals surface area contributed by atoms with Crippen molar-refractivity contribution >= 4 is 39.2 Å². The van der Waals surface area contributed by atoms with Crippen LogP contribution in [0.2, 0.25) is 0 Å². The van der Waals surface area contributed by atoms with Gasteiger partial charge in [0.05, 0.1) is 6.54 Å². The van der Waals surface area contributed by atoms with Crippen LogP contribution in [0.3, 0.4) is 0 Å². The highest BCUT2D eigenvalue weighted by atomic mass is 32.2. The van der Waals surface area contributed by atoms with E-state index in [-0.39, 0.29) is 5.78 Å². The summed E-state index contributed by atoms with van der Waals surface area (Å²) in [5.41, 5.74) is 0.517. The fourth-order valence-corrected chi connectivity index (χ4v) is 3.03. The van der Waals surface area contributed by atoms with Crippen molar-refractivity contribution in [3.63, 3.8) is 0 Å².